The van der Waals surface area contributed by atoms with E-state index in [2.05, 4.69) is 6.92 Å². The summed E-state index contributed by atoms with van der Waals surface area (Å²) in [5.74, 6) is 0. The van der Waals surface area contributed by atoms with E-state index < -0.39 is 19.7 Å². The minimum absolute atomic E-state index is 0.00209. The molecule has 0 bridgehead atoms. The van der Waals surface area contributed by atoms with Gasteiger partial charge in [0, 0.05) is 6.66 Å². The van der Waals surface area contributed by atoms with Gasteiger partial charge in [-0.1, -0.05) is 83.3 Å². The molecule has 3 N–H and O–H groups in total. The Kier molecular flexibility index (Phi) is 18.1. The highest BCUT2D eigenvalue weighted by Crippen LogP contribution is 2.43. The van der Waals surface area contributed by atoms with Crippen LogP contribution in [0.1, 0.15) is 84.0 Å². The van der Waals surface area contributed by atoms with Gasteiger partial charge < -0.3 is 24.4 Å². The van der Waals surface area contributed by atoms with Gasteiger partial charge in [0.1, 0.15) is 13.2 Å². The van der Waals surface area contributed by atoms with Crippen molar-refractivity contribution in [2.75, 3.05) is 47.6 Å². The standard InChI is InChI=1S/C24H52N2O4P/c1-6-7-8-9-10-11-12-13-14-15-16-17-18-19-24(27)23(25)22-30-31(5,28)29-21-20-26(2,3)4/h18-19,23-24,27H,6-17,20-22,25H2,1-5H3/q+1/b19-18+/t23-,24+,31-/m0/s1. The maximum absolute atomic E-state index is 12.3. The van der Waals surface area contributed by atoms with Crippen LogP contribution in [0.3, 0.4) is 0 Å². The second-order valence-corrected chi connectivity index (χ2v) is 11.9. The van der Waals surface area contributed by atoms with E-state index in [9.17, 15) is 9.67 Å². The van der Waals surface area contributed by atoms with Crippen molar-refractivity contribution in [2.24, 2.45) is 5.73 Å². The molecule has 0 aliphatic heterocycles. The molecule has 0 aliphatic rings. The van der Waals surface area contributed by atoms with E-state index in [1.165, 1.54) is 70.9 Å². The van der Waals surface area contributed by atoms with Gasteiger partial charge in [0.15, 0.2) is 0 Å². The van der Waals surface area contributed by atoms with Crippen molar-refractivity contribution >= 4 is 7.60 Å². The number of nitrogens with two attached hydrogens (primary N) is 1. The molecule has 0 fully saturated rings. The van der Waals surface area contributed by atoms with Gasteiger partial charge in [-0.15, -0.1) is 0 Å². The summed E-state index contributed by atoms with van der Waals surface area (Å²) < 4.78 is 23.8. The quantitative estimate of drug-likeness (QED) is 0.102. The molecule has 3 atom stereocenters. The maximum Gasteiger partial charge on any atom is 0.327 e. The third-order valence-corrected chi connectivity index (χ3v) is 6.61. The van der Waals surface area contributed by atoms with E-state index in [1.54, 1.807) is 6.08 Å². The minimum Gasteiger partial charge on any atom is -0.387 e. The van der Waals surface area contributed by atoms with Crippen molar-refractivity contribution in [3.63, 3.8) is 0 Å². The molecule has 0 rings (SSSR count). The number of hydrogen-bond donors (Lipinski definition) is 2. The second kappa shape index (κ2) is 18.2. The van der Waals surface area contributed by atoms with Crippen LogP contribution in [0.15, 0.2) is 12.2 Å². The van der Waals surface area contributed by atoms with Crippen molar-refractivity contribution in [1.82, 2.24) is 0 Å². The summed E-state index contributed by atoms with van der Waals surface area (Å²) >= 11 is 0. The third kappa shape index (κ3) is 21.4. The van der Waals surface area contributed by atoms with Gasteiger partial charge in [-0.25, -0.2) is 0 Å². The van der Waals surface area contributed by atoms with Crippen LogP contribution in [0, 0.1) is 0 Å². The lowest BCUT2D eigenvalue weighted by atomic mass is 10.0. The molecule has 7 heteroatoms. The third-order valence-electron chi connectivity index (χ3n) is 5.34. The Morgan fingerprint density at radius 2 is 1.45 bits per heavy atom. The average Bonchev–Trinajstić information content (AvgIpc) is 2.68. The lowest BCUT2D eigenvalue weighted by Gasteiger charge is -2.25. The number of aliphatic hydroxyl groups excluding tert-OH is 1. The summed E-state index contributed by atoms with van der Waals surface area (Å²) in [6, 6.07) is -0.621. The zero-order valence-electron chi connectivity index (χ0n) is 21.1. The van der Waals surface area contributed by atoms with Gasteiger partial charge in [-0.3, -0.25) is 4.57 Å². The highest BCUT2D eigenvalue weighted by atomic mass is 31.2. The van der Waals surface area contributed by atoms with Crippen molar-refractivity contribution in [3.05, 3.63) is 12.2 Å². The molecule has 0 aromatic carbocycles. The first-order valence-electron chi connectivity index (χ1n) is 12.3. The Labute approximate surface area is 192 Å². The van der Waals surface area contributed by atoms with E-state index in [1.807, 2.05) is 27.2 Å². The van der Waals surface area contributed by atoms with Gasteiger partial charge in [0.25, 0.3) is 0 Å². The Balaban J connectivity index is 3.74. The lowest BCUT2D eigenvalue weighted by Crippen LogP contribution is -2.38. The van der Waals surface area contributed by atoms with E-state index in [0.29, 0.717) is 6.61 Å². The topological polar surface area (TPSA) is 81.8 Å². The monoisotopic (exact) mass is 463 g/mol. The fourth-order valence-electron chi connectivity index (χ4n) is 3.14. The highest BCUT2D eigenvalue weighted by Gasteiger charge is 2.22. The molecule has 0 aromatic rings. The zero-order valence-corrected chi connectivity index (χ0v) is 22.0. The van der Waals surface area contributed by atoms with Gasteiger partial charge in [0.2, 0.25) is 0 Å². The lowest BCUT2D eigenvalue weighted by molar-refractivity contribution is -0.870. The van der Waals surface area contributed by atoms with Crippen LogP contribution < -0.4 is 5.73 Å². The second-order valence-electron chi connectivity index (χ2n) is 9.82. The number of allylic oxidation sites excluding steroid dienone is 1. The molecule has 6 nitrogen and oxygen atoms in total. The molecule has 186 valence electrons. The van der Waals surface area contributed by atoms with Crippen molar-refractivity contribution in [1.29, 1.82) is 0 Å². The van der Waals surface area contributed by atoms with Gasteiger partial charge in [-0.2, -0.15) is 0 Å². The highest BCUT2D eigenvalue weighted by molar-refractivity contribution is 7.52. The fraction of sp³-hybridized carbons (Fsp3) is 0.917. The number of rotatable bonds is 21. The molecule has 0 spiro atoms. The SMILES string of the molecule is CCCCCCCCCCCCC/C=C/[C@@H](O)[C@@H](N)CO[P@@](C)(=O)OCC[N+](C)(C)C. The zero-order chi connectivity index (χ0) is 23.6. The summed E-state index contributed by atoms with van der Waals surface area (Å²) in [7, 11) is 2.97. The van der Waals surface area contributed by atoms with Crippen LogP contribution in [0.5, 0.6) is 0 Å². The Hall–Kier alpha value is -0.230. The first kappa shape index (κ1) is 30.8. The predicted octanol–water partition coefficient (Wildman–Crippen LogP) is 5.49. The average molecular weight is 464 g/mol. The molecular formula is C24H52N2O4P+. The molecule has 0 saturated heterocycles. The van der Waals surface area contributed by atoms with Crippen LogP contribution >= 0.6 is 7.60 Å². The molecule has 0 aromatic heterocycles. The summed E-state index contributed by atoms with van der Waals surface area (Å²) in [4.78, 5) is 0. The summed E-state index contributed by atoms with van der Waals surface area (Å²) in [5, 5.41) is 10.1. The molecule has 0 saturated carbocycles. The fourth-order valence-corrected chi connectivity index (χ4v) is 4.07. The summed E-state index contributed by atoms with van der Waals surface area (Å²) in [6.45, 7) is 4.80. The van der Waals surface area contributed by atoms with Crippen LogP contribution in [0.2, 0.25) is 0 Å². The number of hydrogen-bond acceptors (Lipinski definition) is 5. The number of unbranched alkanes of at least 4 members (excludes halogenated alkanes) is 11. The number of aliphatic hydroxyl groups is 1. The number of nitrogens with zero attached hydrogens (tertiary/aromatic N) is 1. The van der Waals surface area contributed by atoms with E-state index >= 15 is 0 Å². The van der Waals surface area contributed by atoms with Gasteiger partial charge in [0.05, 0.1) is 39.9 Å². The minimum atomic E-state index is -3.16. The predicted molar refractivity (Wildman–Crippen MR) is 133 cm³/mol. The smallest absolute Gasteiger partial charge is 0.327 e. The van der Waals surface area contributed by atoms with Gasteiger partial charge in [-0.05, 0) is 12.8 Å². The van der Waals surface area contributed by atoms with E-state index in [-0.39, 0.29) is 6.61 Å². The molecule has 0 unspecified atom stereocenters. The van der Waals surface area contributed by atoms with Crippen LogP contribution in [0.25, 0.3) is 0 Å². The largest absolute Gasteiger partial charge is 0.387 e. The summed E-state index contributed by atoms with van der Waals surface area (Å²) in [6.07, 6.45) is 18.5. The molecule has 31 heavy (non-hydrogen) atoms. The first-order chi connectivity index (χ1) is 14.6. The number of likely N-dealkylation sites (N-methyl/N-ethyl adjacent to an activating group) is 1. The molecule has 0 heterocycles. The molecule has 0 amide bonds. The Morgan fingerprint density at radius 3 is 1.97 bits per heavy atom. The Morgan fingerprint density at radius 1 is 0.935 bits per heavy atom. The summed E-state index contributed by atoms with van der Waals surface area (Å²) in [5.41, 5.74) is 5.96. The van der Waals surface area contributed by atoms with E-state index in [0.717, 1.165) is 23.9 Å². The normalized spacial score (nSPS) is 16.5. The van der Waals surface area contributed by atoms with Crippen LogP contribution in [-0.4, -0.2) is 69.3 Å². The van der Waals surface area contributed by atoms with Crippen LogP contribution in [0.4, 0.5) is 0 Å². The number of quaternary nitrogens is 1. The molecule has 0 aliphatic carbocycles. The van der Waals surface area contributed by atoms with Gasteiger partial charge >= 0.3 is 7.60 Å². The van der Waals surface area contributed by atoms with Crippen LogP contribution in [-0.2, 0) is 13.6 Å². The first-order valence-corrected chi connectivity index (χ1v) is 14.3. The van der Waals surface area contributed by atoms with Crippen molar-refractivity contribution in [3.8, 4) is 0 Å². The van der Waals surface area contributed by atoms with Crippen molar-refractivity contribution in [2.45, 2.75) is 96.1 Å². The Bertz CT molecular complexity index is 494. The molecular weight excluding hydrogens is 411 g/mol. The van der Waals surface area contributed by atoms with Crippen molar-refractivity contribution < 1.29 is 23.2 Å². The maximum atomic E-state index is 12.3. The van der Waals surface area contributed by atoms with E-state index in [4.69, 9.17) is 14.8 Å². The molecule has 0 radical (unpaired) electrons.